The Hall–Kier alpha value is -8.72. The van der Waals surface area contributed by atoms with E-state index in [0.717, 1.165) is 34.1 Å². The van der Waals surface area contributed by atoms with Crippen LogP contribution < -0.4 is 9.80 Å². The molecule has 14 rings (SSSR count). The lowest BCUT2D eigenvalue weighted by Crippen LogP contribution is -2.14. The monoisotopic (exact) mass is 920 g/mol. The number of anilines is 6. The van der Waals surface area contributed by atoms with Gasteiger partial charge in [-0.25, -0.2) is 0 Å². The predicted molar refractivity (Wildman–Crippen MR) is 306 cm³/mol. The summed E-state index contributed by atoms with van der Waals surface area (Å²) in [5.74, 6) is 0. The molecule has 0 bridgehead atoms. The highest BCUT2D eigenvalue weighted by molar-refractivity contribution is 6.21. The van der Waals surface area contributed by atoms with Gasteiger partial charge in [-0.05, 0) is 184 Å². The molecule has 12 aromatic carbocycles. The average Bonchev–Trinajstić information content (AvgIpc) is 3.82. The molecule has 2 aliphatic carbocycles. The van der Waals surface area contributed by atoms with E-state index in [-0.39, 0.29) is 10.8 Å². The van der Waals surface area contributed by atoms with Gasteiger partial charge in [0.15, 0.2) is 0 Å². The van der Waals surface area contributed by atoms with Crippen LogP contribution in [0, 0.1) is 0 Å². The molecular formula is C70H52N2. The maximum Gasteiger partial charge on any atom is 0.0462 e. The molecule has 0 spiro atoms. The quantitative estimate of drug-likeness (QED) is 0.133. The van der Waals surface area contributed by atoms with Crippen molar-refractivity contribution < 1.29 is 0 Å². The van der Waals surface area contributed by atoms with Crippen LogP contribution in [0.25, 0.3) is 76.5 Å². The highest BCUT2D eigenvalue weighted by Crippen LogP contribution is 2.53. The second-order valence-electron chi connectivity index (χ2n) is 20.9. The van der Waals surface area contributed by atoms with Crippen molar-refractivity contribution >= 4 is 77.2 Å². The highest BCUT2D eigenvalue weighted by Gasteiger charge is 2.36. The third-order valence-electron chi connectivity index (χ3n) is 16.2. The van der Waals surface area contributed by atoms with Crippen LogP contribution in [0.5, 0.6) is 0 Å². The van der Waals surface area contributed by atoms with Crippen LogP contribution in [-0.2, 0) is 10.8 Å². The lowest BCUT2D eigenvalue weighted by atomic mass is 9.82. The number of hydrogen-bond acceptors (Lipinski definition) is 2. The average molecular weight is 921 g/mol. The van der Waals surface area contributed by atoms with E-state index in [9.17, 15) is 0 Å². The maximum atomic E-state index is 2.40. The van der Waals surface area contributed by atoms with E-state index < -0.39 is 0 Å². The van der Waals surface area contributed by atoms with Crippen LogP contribution in [0.2, 0.25) is 0 Å². The van der Waals surface area contributed by atoms with Crippen LogP contribution >= 0.6 is 0 Å². The zero-order valence-corrected chi connectivity index (χ0v) is 41.0. The summed E-state index contributed by atoms with van der Waals surface area (Å²) in [5.41, 5.74) is 19.6. The minimum atomic E-state index is -0.0216. The van der Waals surface area contributed by atoms with E-state index in [2.05, 4.69) is 280 Å². The zero-order valence-electron chi connectivity index (χ0n) is 41.0. The first-order chi connectivity index (χ1) is 35.2. The maximum absolute atomic E-state index is 2.40. The number of rotatable bonds is 9. The Bertz CT molecular complexity index is 3820. The summed E-state index contributed by atoms with van der Waals surface area (Å²) < 4.78 is 0. The Labute approximate surface area is 421 Å². The SMILES string of the molecule is CC1(C)c2cccc3cc(-c4ccc(N(c5ccccc5)c5ccc(-c6ccc(N(c7ccccc7)c7ccc(-c8cc9cccc%10c9c9c(cccc89)C%10(C)C)cc7)cc6)cc5)cc4)c4cccc1c4c23. The molecule has 2 aliphatic rings. The molecule has 0 saturated carbocycles. The molecule has 0 amide bonds. The summed E-state index contributed by atoms with van der Waals surface area (Å²) in [6, 6.07) is 89.8. The molecule has 0 N–H and O–H groups in total. The molecule has 0 atom stereocenters. The van der Waals surface area contributed by atoms with Crippen LogP contribution in [0.15, 0.2) is 243 Å². The number of hydrogen-bond donors (Lipinski definition) is 0. The molecular weight excluding hydrogens is 869 g/mol. The Morgan fingerprint density at radius 2 is 0.542 bits per heavy atom. The van der Waals surface area contributed by atoms with Crippen LogP contribution in [0.3, 0.4) is 0 Å². The van der Waals surface area contributed by atoms with E-state index in [1.807, 2.05) is 0 Å². The summed E-state index contributed by atoms with van der Waals surface area (Å²) in [5, 5.41) is 10.9. The molecule has 0 fully saturated rings. The Kier molecular flexibility index (Phi) is 9.32. The first-order valence-electron chi connectivity index (χ1n) is 25.3. The largest absolute Gasteiger partial charge is 0.311 e. The summed E-state index contributed by atoms with van der Waals surface area (Å²) in [6.07, 6.45) is 0. The van der Waals surface area contributed by atoms with Gasteiger partial charge in [-0.3, -0.25) is 0 Å². The fourth-order valence-electron chi connectivity index (χ4n) is 12.6. The van der Waals surface area contributed by atoms with Crippen LogP contribution in [-0.4, -0.2) is 0 Å². The van der Waals surface area contributed by atoms with Gasteiger partial charge in [-0.1, -0.05) is 185 Å². The van der Waals surface area contributed by atoms with Crippen molar-refractivity contribution in [3.63, 3.8) is 0 Å². The van der Waals surface area contributed by atoms with E-state index >= 15 is 0 Å². The smallest absolute Gasteiger partial charge is 0.0462 e. The topological polar surface area (TPSA) is 6.48 Å². The van der Waals surface area contributed by atoms with Gasteiger partial charge in [-0.15, -0.1) is 0 Å². The van der Waals surface area contributed by atoms with Gasteiger partial charge in [0.1, 0.15) is 0 Å². The second-order valence-corrected chi connectivity index (χ2v) is 20.9. The molecule has 72 heavy (non-hydrogen) atoms. The van der Waals surface area contributed by atoms with E-state index in [1.165, 1.54) is 98.7 Å². The van der Waals surface area contributed by atoms with Gasteiger partial charge < -0.3 is 9.80 Å². The third-order valence-corrected chi connectivity index (χ3v) is 16.2. The second kappa shape index (κ2) is 15.9. The van der Waals surface area contributed by atoms with Gasteiger partial charge in [-0.2, -0.15) is 0 Å². The fraction of sp³-hybridized carbons (Fsp3) is 0.0857. The normalized spacial score (nSPS) is 13.8. The molecule has 0 radical (unpaired) electrons. The van der Waals surface area contributed by atoms with Crippen LogP contribution in [0.1, 0.15) is 49.9 Å². The van der Waals surface area contributed by atoms with E-state index in [1.54, 1.807) is 0 Å². The Morgan fingerprint density at radius 3 is 0.889 bits per heavy atom. The molecule has 342 valence electrons. The van der Waals surface area contributed by atoms with Crippen molar-refractivity contribution in [3.05, 3.63) is 265 Å². The first kappa shape index (κ1) is 42.2. The molecule has 12 aromatic rings. The Balaban J connectivity index is 0.770. The van der Waals surface area contributed by atoms with Crippen molar-refractivity contribution in [2.75, 3.05) is 9.80 Å². The predicted octanol–water partition coefficient (Wildman–Crippen LogP) is 19.5. The lowest BCUT2D eigenvalue weighted by Gasteiger charge is -2.26. The van der Waals surface area contributed by atoms with Gasteiger partial charge in [0.25, 0.3) is 0 Å². The molecule has 2 nitrogen and oxygen atoms in total. The Morgan fingerprint density at radius 1 is 0.250 bits per heavy atom. The molecule has 0 heterocycles. The van der Waals surface area contributed by atoms with Crippen molar-refractivity contribution in [1.82, 2.24) is 0 Å². The minimum Gasteiger partial charge on any atom is -0.311 e. The highest BCUT2D eigenvalue weighted by atomic mass is 15.1. The summed E-state index contributed by atoms with van der Waals surface area (Å²) in [4.78, 5) is 4.71. The number of para-hydroxylation sites is 2. The third kappa shape index (κ3) is 6.35. The summed E-state index contributed by atoms with van der Waals surface area (Å²) >= 11 is 0. The first-order valence-corrected chi connectivity index (χ1v) is 25.3. The zero-order chi connectivity index (χ0) is 48.3. The van der Waals surface area contributed by atoms with E-state index in [4.69, 9.17) is 0 Å². The number of benzene rings is 12. The number of nitrogens with zero attached hydrogens (tertiary/aromatic N) is 2. The van der Waals surface area contributed by atoms with Gasteiger partial charge in [0.05, 0.1) is 0 Å². The van der Waals surface area contributed by atoms with Crippen molar-refractivity contribution in [2.45, 2.75) is 38.5 Å². The van der Waals surface area contributed by atoms with Crippen molar-refractivity contribution in [1.29, 1.82) is 0 Å². The van der Waals surface area contributed by atoms with Crippen molar-refractivity contribution in [3.8, 4) is 33.4 Å². The van der Waals surface area contributed by atoms with Crippen LogP contribution in [0.4, 0.5) is 34.1 Å². The van der Waals surface area contributed by atoms with Gasteiger partial charge >= 0.3 is 0 Å². The van der Waals surface area contributed by atoms with Gasteiger partial charge in [0, 0.05) is 45.0 Å². The lowest BCUT2D eigenvalue weighted by molar-refractivity contribution is 0.662. The standard InChI is InChI=1S/C70H52N2/c1-69(2)61-23-11-15-49-43-59(57-21-13-25-63(69)67(57)65(49)61)47-31-39-55(40-32-47)71(51-17-7-5-8-18-51)53-35-27-45(28-36-53)46-29-37-54(38-30-46)72(52-19-9-6-10-20-52)56-41-33-48(34-42-56)60-44-50-16-12-24-62-66(50)68-58(60)22-14-26-64(68)70(62,3)4/h5-44H,1-4H3. The fourth-order valence-corrected chi connectivity index (χ4v) is 12.6. The molecule has 0 aromatic heterocycles. The molecule has 0 aliphatic heterocycles. The molecule has 0 saturated heterocycles. The molecule has 0 unspecified atom stereocenters. The summed E-state index contributed by atoms with van der Waals surface area (Å²) in [7, 11) is 0. The summed E-state index contributed by atoms with van der Waals surface area (Å²) in [6.45, 7) is 9.46. The van der Waals surface area contributed by atoms with Crippen molar-refractivity contribution in [2.24, 2.45) is 0 Å². The minimum absolute atomic E-state index is 0.0216. The van der Waals surface area contributed by atoms with E-state index in [0.29, 0.717) is 0 Å². The molecule has 2 heteroatoms. The van der Waals surface area contributed by atoms with Gasteiger partial charge in [0.2, 0.25) is 0 Å².